The van der Waals surface area contributed by atoms with Gasteiger partial charge >= 0.3 is 5.97 Å². The number of aliphatic hydroxyl groups is 2. The van der Waals surface area contributed by atoms with Crippen LogP contribution in [0.2, 0.25) is 0 Å². The maximum absolute atomic E-state index is 13.4. The van der Waals surface area contributed by atoms with Crippen molar-refractivity contribution in [2.24, 2.45) is 5.41 Å². The lowest BCUT2D eigenvalue weighted by molar-refractivity contribution is -0.195. The number of ether oxygens (including phenoxy) is 1. The average molecular weight is 520 g/mol. The molecule has 0 bridgehead atoms. The molecule has 5 rings (SSSR count). The van der Waals surface area contributed by atoms with Crippen LogP contribution in [0.4, 0.5) is 5.69 Å². The third kappa shape index (κ3) is 4.12. The Morgan fingerprint density at radius 3 is 2.68 bits per heavy atom. The number of carboxylic acids is 1. The van der Waals surface area contributed by atoms with E-state index in [2.05, 4.69) is 32.9 Å². The number of anilines is 1. The van der Waals surface area contributed by atoms with Gasteiger partial charge in [0.15, 0.2) is 0 Å². The first-order chi connectivity index (χ1) is 17.9. The van der Waals surface area contributed by atoms with Crippen LogP contribution in [-0.4, -0.2) is 51.0 Å². The zero-order valence-corrected chi connectivity index (χ0v) is 22.6. The number of aliphatic hydroxyl groups excluding tert-OH is 2. The fourth-order valence-electron chi connectivity index (χ4n) is 6.51. The van der Waals surface area contributed by atoms with E-state index < -0.39 is 28.7 Å². The number of nitrogens with zero attached hydrogens (tertiary/aromatic N) is 1. The third-order valence-corrected chi connectivity index (χ3v) is 8.86. The molecule has 4 atom stereocenters. The fourth-order valence-corrected chi connectivity index (χ4v) is 6.51. The van der Waals surface area contributed by atoms with Gasteiger partial charge in [0.2, 0.25) is 0 Å². The Morgan fingerprint density at radius 2 is 1.97 bits per heavy atom. The number of allylic oxidation sites excluding steroid dienone is 4. The largest absolute Gasteiger partial charge is 0.512 e. The molecule has 2 heterocycles. The van der Waals surface area contributed by atoms with Gasteiger partial charge in [0, 0.05) is 11.3 Å². The Balaban J connectivity index is 1.37. The lowest BCUT2D eigenvalue weighted by atomic mass is 9.75. The van der Waals surface area contributed by atoms with Crippen LogP contribution in [0.1, 0.15) is 76.6 Å². The molecule has 3 N–H and O–H groups in total. The molecule has 202 valence electrons. The van der Waals surface area contributed by atoms with Gasteiger partial charge in [-0.3, -0.25) is 4.79 Å². The molecule has 4 aliphatic rings. The molecule has 2 fully saturated rings. The van der Waals surface area contributed by atoms with Crippen LogP contribution < -0.4 is 4.90 Å². The molecule has 0 spiro atoms. The number of hydrogen-bond donors (Lipinski definition) is 3. The Bertz CT molecular complexity index is 1320. The zero-order valence-electron chi connectivity index (χ0n) is 22.6. The topological polar surface area (TPSA) is 107 Å². The molecule has 1 aromatic rings. The van der Waals surface area contributed by atoms with Crippen molar-refractivity contribution >= 4 is 17.6 Å². The number of aromatic carboxylic acids is 1. The smallest absolute Gasteiger partial charge is 0.335 e. The Hall–Kier alpha value is -3.16. The second-order valence-corrected chi connectivity index (χ2v) is 11.8. The van der Waals surface area contributed by atoms with Crippen LogP contribution in [0.15, 0.2) is 70.5 Å². The van der Waals surface area contributed by atoms with Crippen molar-refractivity contribution in [2.75, 3.05) is 11.4 Å². The van der Waals surface area contributed by atoms with Gasteiger partial charge in [-0.2, -0.15) is 0 Å². The summed E-state index contributed by atoms with van der Waals surface area (Å²) in [5, 5.41) is 31.7. The Labute approximate surface area is 223 Å². The molecule has 1 aromatic carbocycles. The SMILES string of the molecule is CC(C)=CCC/C(C)=C/CCC1(C)OC23CC2(CC1O)C(O)=CC1=C3CN(c2cccc(C(=O)O)c2)C1=O. The standard InChI is InChI=1S/C31H37NO6/c1-19(2)8-5-9-20(3)10-7-13-29(4)26(34)16-30-18-31(30,38-29)24-17-32(27(35)23(24)15-25(30)33)22-12-6-11-21(14-22)28(36)37/h6,8,10-12,14-15,26,33-34H,5,7,9,13,16-18H2,1-4H3,(H,36,37)/b20-10+. The number of amides is 1. The molecule has 0 radical (unpaired) electrons. The number of carbonyl (C=O) groups excluding carboxylic acids is 1. The maximum Gasteiger partial charge on any atom is 0.335 e. The van der Waals surface area contributed by atoms with Crippen LogP contribution in [0.25, 0.3) is 0 Å². The number of carboxylic acid groups (broad SMARTS) is 1. The highest BCUT2D eigenvalue weighted by molar-refractivity contribution is 6.12. The molecule has 0 aromatic heterocycles. The molecule has 7 heteroatoms. The molecule has 2 aliphatic heterocycles. The first-order valence-corrected chi connectivity index (χ1v) is 13.4. The zero-order chi connectivity index (χ0) is 27.5. The van der Waals surface area contributed by atoms with Crippen molar-refractivity contribution in [1.29, 1.82) is 0 Å². The Morgan fingerprint density at radius 1 is 1.21 bits per heavy atom. The lowest BCUT2D eigenvalue weighted by Gasteiger charge is -2.47. The van der Waals surface area contributed by atoms with E-state index in [0.29, 0.717) is 30.5 Å². The summed E-state index contributed by atoms with van der Waals surface area (Å²) in [6.07, 6.45) is 9.50. The highest BCUT2D eigenvalue weighted by atomic mass is 16.6. The van der Waals surface area contributed by atoms with Gasteiger partial charge in [-0.1, -0.05) is 29.4 Å². The van der Waals surface area contributed by atoms with E-state index in [1.165, 1.54) is 29.4 Å². The molecule has 7 nitrogen and oxygen atoms in total. The van der Waals surface area contributed by atoms with Crippen molar-refractivity contribution in [3.05, 3.63) is 76.1 Å². The van der Waals surface area contributed by atoms with Gasteiger partial charge in [-0.15, -0.1) is 0 Å². The highest BCUT2D eigenvalue weighted by Crippen LogP contribution is 2.75. The molecular weight excluding hydrogens is 482 g/mol. The summed E-state index contributed by atoms with van der Waals surface area (Å²) in [6.45, 7) is 8.52. The van der Waals surface area contributed by atoms with E-state index in [1.807, 2.05) is 6.92 Å². The average Bonchev–Trinajstić information content (AvgIpc) is 3.41. The van der Waals surface area contributed by atoms with Gasteiger partial charge < -0.3 is 25.0 Å². The second-order valence-electron chi connectivity index (χ2n) is 11.8. The summed E-state index contributed by atoms with van der Waals surface area (Å²) in [6, 6.07) is 6.31. The monoisotopic (exact) mass is 519 g/mol. The summed E-state index contributed by atoms with van der Waals surface area (Å²) < 4.78 is 6.80. The van der Waals surface area contributed by atoms with Crippen LogP contribution in [0, 0.1) is 5.41 Å². The normalized spacial score (nSPS) is 31.9. The van der Waals surface area contributed by atoms with Gasteiger partial charge in [0.25, 0.3) is 5.91 Å². The maximum atomic E-state index is 13.4. The minimum Gasteiger partial charge on any atom is -0.512 e. The predicted molar refractivity (Wildman–Crippen MR) is 145 cm³/mol. The minimum absolute atomic E-state index is 0.0850. The number of benzene rings is 1. The van der Waals surface area contributed by atoms with Gasteiger partial charge in [-0.05, 0) is 96.1 Å². The minimum atomic E-state index is -1.06. The molecule has 2 aliphatic carbocycles. The fraction of sp³-hybridized carbons (Fsp3) is 0.484. The highest BCUT2D eigenvalue weighted by Gasteiger charge is 2.80. The summed E-state index contributed by atoms with van der Waals surface area (Å²) in [4.78, 5) is 26.5. The molecular formula is C31H37NO6. The molecule has 4 unspecified atom stereocenters. The van der Waals surface area contributed by atoms with E-state index in [4.69, 9.17) is 4.74 Å². The summed E-state index contributed by atoms with van der Waals surface area (Å²) in [5.74, 6) is -1.26. The van der Waals surface area contributed by atoms with Gasteiger partial charge in [0.1, 0.15) is 11.4 Å². The van der Waals surface area contributed by atoms with Gasteiger partial charge in [-0.25, -0.2) is 4.79 Å². The van der Waals surface area contributed by atoms with E-state index in [0.717, 1.165) is 24.8 Å². The van der Waals surface area contributed by atoms with Crippen LogP contribution in [-0.2, 0) is 9.53 Å². The van der Waals surface area contributed by atoms with Crippen molar-refractivity contribution in [3.8, 4) is 0 Å². The second kappa shape index (κ2) is 9.24. The van der Waals surface area contributed by atoms with Crippen LogP contribution in [0.5, 0.6) is 0 Å². The lowest BCUT2D eigenvalue weighted by Crippen LogP contribution is -2.54. The predicted octanol–water partition coefficient (Wildman–Crippen LogP) is 5.63. The van der Waals surface area contributed by atoms with Gasteiger partial charge in [0.05, 0.1) is 29.2 Å². The third-order valence-electron chi connectivity index (χ3n) is 8.86. The number of rotatable bonds is 8. The summed E-state index contributed by atoms with van der Waals surface area (Å²) in [5.41, 5.74) is 2.04. The van der Waals surface area contributed by atoms with E-state index in [-0.39, 0.29) is 23.8 Å². The Kier molecular flexibility index (Phi) is 6.43. The molecule has 1 saturated heterocycles. The van der Waals surface area contributed by atoms with Crippen molar-refractivity contribution in [3.63, 3.8) is 0 Å². The molecule has 38 heavy (non-hydrogen) atoms. The summed E-state index contributed by atoms with van der Waals surface area (Å²) >= 11 is 0. The first kappa shape index (κ1) is 26.4. The van der Waals surface area contributed by atoms with E-state index in [9.17, 15) is 24.9 Å². The quantitative estimate of drug-likeness (QED) is 0.385. The van der Waals surface area contributed by atoms with Crippen molar-refractivity contribution < 1.29 is 29.6 Å². The van der Waals surface area contributed by atoms with Crippen molar-refractivity contribution in [1.82, 2.24) is 0 Å². The molecule has 1 saturated carbocycles. The van der Waals surface area contributed by atoms with Crippen LogP contribution >= 0.6 is 0 Å². The number of hydrogen-bond acceptors (Lipinski definition) is 5. The van der Waals surface area contributed by atoms with E-state index >= 15 is 0 Å². The molecule has 1 amide bonds. The summed E-state index contributed by atoms with van der Waals surface area (Å²) in [7, 11) is 0. The first-order valence-electron chi connectivity index (χ1n) is 13.4. The number of carbonyl (C=O) groups is 2. The van der Waals surface area contributed by atoms with Crippen LogP contribution in [0.3, 0.4) is 0 Å². The van der Waals surface area contributed by atoms with E-state index in [1.54, 1.807) is 17.0 Å². The van der Waals surface area contributed by atoms with Crippen molar-refractivity contribution in [2.45, 2.75) is 83.5 Å².